The van der Waals surface area contributed by atoms with Gasteiger partial charge in [-0.25, -0.2) is 0 Å². The molecule has 0 saturated heterocycles. The van der Waals surface area contributed by atoms with Gasteiger partial charge in [-0.15, -0.1) is 0 Å². The van der Waals surface area contributed by atoms with Gasteiger partial charge in [0, 0.05) is 12.8 Å². The maximum atomic E-state index is 10.7. The van der Waals surface area contributed by atoms with E-state index in [9.17, 15) is 19.8 Å². The first-order chi connectivity index (χ1) is 11.8. The Morgan fingerprint density at radius 2 is 0.962 bits per heavy atom. The Morgan fingerprint density at radius 3 is 1.23 bits per heavy atom. The van der Waals surface area contributed by atoms with Crippen molar-refractivity contribution in [1.82, 2.24) is 0 Å². The fourth-order valence-corrected chi connectivity index (χ4v) is 2.93. The van der Waals surface area contributed by atoms with Crippen molar-refractivity contribution in [1.29, 1.82) is 0 Å². The molecule has 0 aliphatic rings. The van der Waals surface area contributed by atoms with Crippen LogP contribution >= 0.6 is 0 Å². The van der Waals surface area contributed by atoms with Crippen LogP contribution in [0.15, 0.2) is 0 Å². The zero-order valence-corrected chi connectivity index (χ0v) is 16.8. The van der Waals surface area contributed by atoms with Gasteiger partial charge in [-0.3, -0.25) is 9.59 Å². The summed E-state index contributed by atoms with van der Waals surface area (Å²) in [6, 6.07) is 0. The Bertz CT molecular complexity index is 390. The molecule has 0 spiro atoms. The Hall–Kier alpha value is -1.14. The standard InChI is InChI=1S/C20H38O6/c1-19(2,13-9-17(23)24)11-7-15(21)5-6-16(22)8-12-20(3,4)14-10-18(25)26/h15-16,21-22H,5-14H2,1-4H3,(H,23,24)(H,25,26). The highest BCUT2D eigenvalue weighted by molar-refractivity contribution is 5.66. The molecule has 2 unspecified atom stereocenters. The summed E-state index contributed by atoms with van der Waals surface area (Å²) < 4.78 is 0. The van der Waals surface area contributed by atoms with Crippen LogP contribution in [0.4, 0.5) is 0 Å². The summed E-state index contributed by atoms with van der Waals surface area (Å²) in [5.41, 5.74) is -0.238. The van der Waals surface area contributed by atoms with Crippen LogP contribution in [0.3, 0.4) is 0 Å². The third kappa shape index (κ3) is 14.1. The van der Waals surface area contributed by atoms with E-state index in [2.05, 4.69) is 0 Å². The first-order valence-corrected chi connectivity index (χ1v) is 9.63. The molecule has 0 bridgehead atoms. The van der Waals surface area contributed by atoms with Crippen molar-refractivity contribution in [3.05, 3.63) is 0 Å². The molecule has 6 nitrogen and oxygen atoms in total. The SMILES string of the molecule is CC(C)(CCC(=O)O)CCC(O)CCC(O)CCC(C)(C)CCC(=O)O. The Morgan fingerprint density at radius 1 is 0.654 bits per heavy atom. The van der Waals surface area contributed by atoms with E-state index in [1.54, 1.807) is 0 Å². The van der Waals surface area contributed by atoms with Crippen LogP contribution in [0.5, 0.6) is 0 Å². The number of carboxylic acid groups (broad SMARTS) is 2. The second kappa shape index (κ2) is 11.5. The van der Waals surface area contributed by atoms with Crippen molar-refractivity contribution < 1.29 is 30.0 Å². The summed E-state index contributed by atoms with van der Waals surface area (Å²) in [5, 5.41) is 37.8. The van der Waals surface area contributed by atoms with Crippen molar-refractivity contribution in [3.8, 4) is 0 Å². The number of hydrogen-bond donors (Lipinski definition) is 4. The molecule has 26 heavy (non-hydrogen) atoms. The van der Waals surface area contributed by atoms with Crippen molar-refractivity contribution in [3.63, 3.8) is 0 Å². The number of hydrogen-bond acceptors (Lipinski definition) is 4. The molecule has 0 radical (unpaired) electrons. The van der Waals surface area contributed by atoms with Gasteiger partial charge in [0.2, 0.25) is 0 Å². The van der Waals surface area contributed by atoms with E-state index in [4.69, 9.17) is 10.2 Å². The van der Waals surface area contributed by atoms with Gasteiger partial charge in [0.05, 0.1) is 12.2 Å². The lowest BCUT2D eigenvalue weighted by molar-refractivity contribution is -0.138. The Labute approximate surface area is 157 Å². The smallest absolute Gasteiger partial charge is 0.303 e. The van der Waals surface area contributed by atoms with Crippen molar-refractivity contribution in [2.75, 3.05) is 0 Å². The highest BCUT2D eigenvalue weighted by Gasteiger charge is 2.23. The molecule has 154 valence electrons. The van der Waals surface area contributed by atoms with Gasteiger partial charge in [-0.2, -0.15) is 0 Å². The second-order valence-corrected chi connectivity index (χ2v) is 9.08. The van der Waals surface area contributed by atoms with E-state index >= 15 is 0 Å². The van der Waals surface area contributed by atoms with E-state index in [0.717, 1.165) is 12.8 Å². The first-order valence-electron chi connectivity index (χ1n) is 9.63. The topological polar surface area (TPSA) is 115 Å². The summed E-state index contributed by atoms with van der Waals surface area (Å²) in [6.45, 7) is 8.04. The number of carboxylic acids is 2. The molecule has 0 saturated carbocycles. The highest BCUT2D eigenvalue weighted by Crippen LogP contribution is 2.31. The first kappa shape index (κ1) is 24.9. The molecular formula is C20H38O6. The molecular weight excluding hydrogens is 336 g/mol. The average molecular weight is 375 g/mol. The van der Waals surface area contributed by atoms with Gasteiger partial charge >= 0.3 is 11.9 Å². The molecule has 0 aromatic heterocycles. The fourth-order valence-electron chi connectivity index (χ4n) is 2.93. The maximum absolute atomic E-state index is 10.7. The minimum absolute atomic E-state index is 0.119. The van der Waals surface area contributed by atoms with Gasteiger partial charge in [-0.05, 0) is 62.2 Å². The summed E-state index contributed by atoms with van der Waals surface area (Å²) in [6.07, 6.45) is 4.21. The Balaban J connectivity index is 4.02. The number of rotatable bonds is 15. The molecule has 2 atom stereocenters. The van der Waals surface area contributed by atoms with Crippen LogP contribution in [-0.2, 0) is 9.59 Å². The predicted molar refractivity (Wildman–Crippen MR) is 101 cm³/mol. The number of carbonyl (C=O) groups is 2. The molecule has 6 heteroatoms. The van der Waals surface area contributed by atoms with Crippen LogP contribution in [0, 0.1) is 10.8 Å². The fraction of sp³-hybridized carbons (Fsp3) is 0.900. The lowest BCUT2D eigenvalue weighted by Gasteiger charge is -2.26. The van der Waals surface area contributed by atoms with Crippen molar-refractivity contribution in [2.45, 2.75) is 104 Å². The van der Waals surface area contributed by atoms with Gasteiger partial charge < -0.3 is 20.4 Å². The zero-order chi connectivity index (χ0) is 20.4. The van der Waals surface area contributed by atoms with Crippen LogP contribution in [-0.4, -0.2) is 44.6 Å². The second-order valence-electron chi connectivity index (χ2n) is 9.08. The normalized spacial score (nSPS) is 14.8. The van der Waals surface area contributed by atoms with Gasteiger partial charge in [0.25, 0.3) is 0 Å². The summed E-state index contributed by atoms with van der Waals surface area (Å²) in [7, 11) is 0. The van der Waals surface area contributed by atoms with Crippen LogP contribution in [0.2, 0.25) is 0 Å². The largest absolute Gasteiger partial charge is 0.481 e. The van der Waals surface area contributed by atoms with Gasteiger partial charge in [0.15, 0.2) is 0 Å². The van der Waals surface area contributed by atoms with Crippen molar-refractivity contribution in [2.24, 2.45) is 10.8 Å². The molecule has 0 rings (SSSR count). The quantitative estimate of drug-likeness (QED) is 0.346. The third-order valence-corrected chi connectivity index (χ3v) is 5.17. The van der Waals surface area contributed by atoms with Gasteiger partial charge in [0.1, 0.15) is 0 Å². The van der Waals surface area contributed by atoms with E-state index in [-0.39, 0.29) is 23.7 Å². The predicted octanol–water partition coefficient (Wildman–Crippen LogP) is 3.83. The molecule has 0 fully saturated rings. The zero-order valence-electron chi connectivity index (χ0n) is 16.8. The third-order valence-electron chi connectivity index (χ3n) is 5.17. The molecule has 0 aromatic carbocycles. The number of aliphatic hydroxyl groups is 2. The molecule has 0 aliphatic carbocycles. The van der Waals surface area contributed by atoms with Crippen molar-refractivity contribution >= 4 is 11.9 Å². The minimum atomic E-state index is -0.798. The summed E-state index contributed by atoms with van der Waals surface area (Å²) in [4.78, 5) is 21.3. The molecule has 0 amide bonds. The summed E-state index contributed by atoms with van der Waals surface area (Å²) in [5.74, 6) is -1.60. The highest BCUT2D eigenvalue weighted by atomic mass is 16.4. The number of aliphatic hydroxyl groups excluding tert-OH is 2. The van der Waals surface area contributed by atoms with Gasteiger partial charge in [-0.1, -0.05) is 27.7 Å². The van der Waals surface area contributed by atoms with Crippen LogP contribution < -0.4 is 0 Å². The van der Waals surface area contributed by atoms with E-state index in [1.807, 2.05) is 27.7 Å². The monoisotopic (exact) mass is 374 g/mol. The molecule has 4 N–H and O–H groups in total. The van der Waals surface area contributed by atoms with E-state index in [1.165, 1.54) is 0 Å². The maximum Gasteiger partial charge on any atom is 0.303 e. The minimum Gasteiger partial charge on any atom is -0.481 e. The lowest BCUT2D eigenvalue weighted by Crippen LogP contribution is -2.20. The van der Waals surface area contributed by atoms with E-state index in [0.29, 0.717) is 38.5 Å². The number of aliphatic carboxylic acids is 2. The molecule has 0 heterocycles. The molecule has 0 aliphatic heterocycles. The van der Waals surface area contributed by atoms with E-state index < -0.39 is 24.1 Å². The Kier molecular flexibility index (Phi) is 11.0. The van der Waals surface area contributed by atoms with Crippen LogP contribution in [0.25, 0.3) is 0 Å². The van der Waals surface area contributed by atoms with Crippen LogP contribution in [0.1, 0.15) is 91.9 Å². The average Bonchev–Trinajstić information content (AvgIpc) is 2.53. The lowest BCUT2D eigenvalue weighted by atomic mass is 9.81. The summed E-state index contributed by atoms with van der Waals surface area (Å²) >= 11 is 0. The molecule has 0 aromatic rings.